The Labute approximate surface area is 211 Å². The Bertz CT molecular complexity index is 1200. The van der Waals surface area contributed by atoms with Crippen molar-refractivity contribution in [3.63, 3.8) is 0 Å². The van der Waals surface area contributed by atoms with E-state index in [4.69, 9.17) is 4.74 Å². The Kier molecular flexibility index (Phi) is 6.32. The molecule has 2 bridgehead atoms. The topological polar surface area (TPSA) is 92.8 Å². The van der Waals surface area contributed by atoms with Gasteiger partial charge in [0.2, 0.25) is 11.8 Å². The lowest BCUT2D eigenvalue weighted by Crippen LogP contribution is -2.48. The van der Waals surface area contributed by atoms with Crippen molar-refractivity contribution in [2.45, 2.75) is 25.8 Å². The van der Waals surface area contributed by atoms with Crippen LogP contribution < -0.4 is 5.32 Å². The molecule has 1 saturated carbocycles. The van der Waals surface area contributed by atoms with Gasteiger partial charge in [0.25, 0.3) is 5.91 Å². The minimum atomic E-state index is -1.12. The number of likely N-dealkylation sites (tertiary alicyclic amines) is 1. The number of nitrogens with one attached hydrogen (secondary N) is 1. The Balaban J connectivity index is 1.31. The molecule has 5 atom stereocenters. The van der Waals surface area contributed by atoms with Crippen molar-refractivity contribution in [3.8, 4) is 0 Å². The summed E-state index contributed by atoms with van der Waals surface area (Å²) >= 11 is 3.41. The lowest BCUT2D eigenvalue weighted by Gasteiger charge is -2.26. The molecular weight excluding hydrogens is 512 g/mol. The maximum absolute atomic E-state index is 13.3. The van der Waals surface area contributed by atoms with Gasteiger partial charge in [-0.25, -0.2) is 4.79 Å². The van der Waals surface area contributed by atoms with E-state index in [1.165, 1.54) is 0 Å². The number of rotatable bonds is 7. The van der Waals surface area contributed by atoms with E-state index in [1.54, 1.807) is 12.1 Å². The monoisotopic (exact) mass is 536 g/mol. The number of fused-ring (bicyclic) bond motifs is 5. The first kappa shape index (κ1) is 23.5. The molecule has 0 unspecified atom stereocenters. The van der Waals surface area contributed by atoms with E-state index in [-0.39, 0.29) is 30.1 Å². The number of hydrogen-bond acceptors (Lipinski definition) is 5. The summed E-state index contributed by atoms with van der Waals surface area (Å²) in [5.74, 6) is -2.64. The van der Waals surface area contributed by atoms with Crippen molar-refractivity contribution in [2.75, 3.05) is 11.9 Å². The summed E-state index contributed by atoms with van der Waals surface area (Å²) in [6, 6.07) is 13.4. The minimum absolute atomic E-state index is 0.0417. The number of benzene rings is 2. The Morgan fingerprint density at radius 1 is 1.06 bits per heavy atom. The van der Waals surface area contributed by atoms with Crippen LogP contribution in [0.5, 0.6) is 0 Å². The van der Waals surface area contributed by atoms with E-state index >= 15 is 0 Å². The van der Waals surface area contributed by atoms with Crippen molar-refractivity contribution in [3.05, 3.63) is 76.3 Å². The van der Waals surface area contributed by atoms with E-state index in [1.807, 2.05) is 55.5 Å². The molecule has 0 aromatic heterocycles. The number of carbonyl (C=O) groups is 4. The number of anilines is 1. The molecule has 0 spiro atoms. The molecule has 1 heterocycles. The maximum atomic E-state index is 13.3. The van der Waals surface area contributed by atoms with Gasteiger partial charge < -0.3 is 10.1 Å². The van der Waals surface area contributed by atoms with Crippen molar-refractivity contribution in [2.24, 2.45) is 23.7 Å². The summed E-state index contributed by atoms with van der Waals surface area (Å²) in [6.45, 7) is 1.38. The second kappa shape index (κ2) is 9.41. The number of amides is 3. The van der Waals surface area contributed by atoms with Crippen molar-refractivity contribution < 1.29 is 23.9 Å². The van der Waals surface area contributed by atoms with Crippen molar-refractivity contribution >= 4 is 45.3 Å². The third-order valence-corrected chi connectivity index (χ3v) is 8.04. The summed E-state index contributed by atoms with van der Waals surface area (Å²) in [7, 11) is 0. The first-order valence-corrected chi connectivity index (χ1v) is 12.4. The number of imide groups is 1. The lowest BCUT2D eigenvalue weighted by atomic mass is 9.85. The van der Waals surface area contributed by atoms with Crippen LogP contribution in [0.25, 0.3) is 0 Å². The molecule has 8 heteroatoms. The lowest BCUT2D eigenvalue weighted by molar-refractivity contribution is -0.160. The molecule has 7 nitrogen and oxygen atoms in total. The fourth-order valence-corrected chi connectivity index (χ4v) is 5.75. The number of halogens is 1. The summed E-state index contributed by atoms with van der Waals surface area (Å²) in [6.07, 6.45) is 4.97. The third-order valence-electron chi connectivity index (χ3n) is 7.15. The highest BCUT2D eigenvalue weighted by atomic mass is 79.9. The quantitative estimate of drug-likeness (QED) is 0.331. The average molecular weight is 537 g/mol. The van der Waals surface area contributed by atoms with Crippen LogP contribution in [0.4, 0.5) is 5.69 Å². The summed E-state index contributed by atoms with van der Waals surface area (Å²) in [4.78, 5) is 53.4. The van der Waals surface area contributed by atoms with Gasteiger partial charge in [-0.15, -0.1) is 0 Å². The number of nitrogens with zero attached hydrogens (tertiary/aromatic N) is 1. The fourth-order valence-electron chi connectivity index (χ4n) is 5.50. The van der Waals surface area contributed by atoms with Crippen LogP contribution in [0.1, 0.15) is 17.5 Å². The van der Waals surface area contributed by atoms with Crippen molar-refractivity contribution in [1.82, 2.24) is 4.90 Å². The highest BCUT2D eigenvalue weighted by molar-refractivity contribution is 9.10. The first-order chi connectivity index (χ1) is 16.8. The van der Waals surface area contributed by atoms with Crippen LogP contribution in [0.3, 0.4) is 0 Å². The number of allylic oxidation sites excluding steroid dienone is 2. The second-order valence-corrected chi connectivity index (χ2v) is 10.2. The zero-order valence-electron chi connectivity index (χ0n) is 19.1. The van der Waals surface area contributed by atoms with Gasteiger partial charge in [-0.2, -0.15) is 0 Å². The molecule has 2 fully saturated rings. The van der Waals surface area contributed by atoms with Crippen molar-refractivity contribution in [1.29, 1.82) is 0 Å². The zero-order chi connectivity index (χ0) is 24.7. The zero-order valence-corrected chi connectivity index (χ0v) is 20.7. The Morgan fingerprint density at radius 3 is 2.34 bits per heavy atom. The maximum Gasteiger partial charge on any atom is 0.330 e. The Morgan fingerprint density at radius 2 is 1.71 bits per heavy atom. The molecular formula is C27H25BrN2O5. The van der Waals surface area contributed by atoms with Gasteiger partial charge in [0, 0.05) is 16.6 Å². The third kappa shape index (κ3) is 4.43. The SMILES string of the molecule is Cc1cc(NC(=O)COC(=O)[C@H](Cc2ccccc2)N2C(=O)[C@@H]3[C@H](C2=O)[C@H]2C=C[C@H]3C2)ccc1Br. The molecule has 2 aromatic carbocycles. The van der Waals surface area contributed by atoms with Gasteiger partial charge in [0.1, 0.15) is 6.04 Å². The first-order valence-electron chi connectivity index (χ1n) is 11.7. The van der Waals surface area contributed by atoms with Gasteiger partial charge in [0.05, 0.1) is 11.8 Å². The van der Waals surface area contributed by atoms with Crippen LogP contribution in [0.2, 0.25) is 0 Å². The van der Waals surface area contributed by atoms with Crippen LogP contribution in [0.15, 0.2) is 65.2 Å². The predicted molar refractivity (Wildman–Crippen MR) is 132 cm³/mol. The average Bonchev–Trinajstić information content (AvgIpc) is 3.53. The van der Waals surface area contributed by atoms with Gasteiger partial charge in [0.15, 0.2) is 6.61 Å². The van der Waals surface area contributed by atoms with Gasteiger partial charge >= 0.3 is 5.97 Å². The molecule has 3 aliphatic rings. The normalized spacial score (nSPS) is 25.0. The van der Waals surface area contributed by atoms with E-state index < -0.39 is 36.4 Å². The van der Waals surface area contributed by atoms with Gasteiger partial charge in [-0.3, -0.25) is 19.3 Å². The summed E-state index contributed by atoms with van der Waals surface area (Å²) in [5, 5.41) is 2.70. The fraction of sp³-hybridized carbons (Fsp3) is 0.333. The summed E-state index contributed by atoms with van der Waals surface area (Å²) in [5.41, 5.74) is 2.32. The molecule has 5 rings (SSSR count). The minimum Gasteiger partial charge on any atom is -0.454 e. The molecule has 2 aliphatic carbocycles. The summed E-state index contributed by atoms with van der Waals surface area (Å²) < 4.78 is 6.26. The largest absolute Gasteiger partial charge is 0.454 e. The molecule has 180 valence electrons. The van der Waals surface area contributed by atoms with E-state index in [0.29, 0.717) is 5.69 Å². The van der Waals surface area contributed by atoms with E-state index in [2.05, 4.69) is 21.2 Å². The van der Waals surface area contributed by atoms with Crippen LogP contribution in [-0.4, -0.2) is 41.2 Å². The molecule has 1 aliphatic heterocycles. The number of hydrogen-bond donors (Lipinski definition) is 1. The van der Waals surface area contributed by atoms with Gasteiger partial charge in [-0.1, -0.05) is 58.4 Å². The van der Waals surface area contributed by atoms with Crippen LogP contribution in [0, 0.1) is 30.6 Å². The van der Waals surface area contributed by atoms with Crippen LogP contribution in [-0.2, 0) is 30.3 Å². The predicted octanol–water partition coefficient (Wildman–Crippen LogP) is 3.66. The molecule has 0 radical (unpaired) electrons. The number of ether oxygens (including phenoxy) is 1. The molecule has 35 heavy (non-hydrogen) atoms. The Hall–Kier alpha value is -3.26. The van der Waals surface area contributed by atoms with Gasteiger partial charge in [-0.05, 0) is 54.5 Å². The second-order valence-electron chi connectivity index (χ2n) is 9.37. The highest BCUT2D eigenvalue weighted by Crippen LogP contribution is 2.53. The molecule has 1 saturated heterocycles. The number of esters is 1. The van der Waals surface area contributed by atoms with E-state index in [9.17, 15) is 19.2 Å². The molecule has 2 aromatic rings. The molecule has 3 amide bonds. The van der Waals surface area contributed by atoms with Crippen LogP contribution >= 0.6 is 15.9 Å². The van der Waals surface area contributed by atoms with E-state index in [0.717, 1.165) is 26.9 Å². The smallest absolute Gasteiger partial charge is 0.330 e. The standard InChI is InChI=1S/C27H25BrN2O5/c1-15-11-19(9-10-20(15)28)29-22(31)14-35-27(34)21(12-16-5-3-2-4-6-16)30-25(32)23-17-7-8-18(13-17)24(23)26(30)33/h2-11,17-18,21,23-24H,12-14H2,1H3,(H,29,31)/t17-,18-,21-,23-,24+/m0/s1. The highest BCUT2D eigenvalue weighted by Gasteiger charge is 2.61. The number of aryl methyl sites for hydroxylation is 1. The number of carbonyl (C=O) groups excluding carboxylic acids is 4. The molecule has 1 N–H and O–H groups in total.